The number of carbonyl (C=O) groups excluding carboxylic acids is 1. The Morgan fingerprint density at radius 2 is 2.18 bits per heavy atom. The molecule has 0 atom stereocenters. The second-order valence-corrected chi connectivity index (χ2v) is 3.53. The summed E-state index contributed by atoms with van der Waals surface area (Å²) >= 11 is 0. The highest BCUT2D eigenvalue weighted by atomic mass is 19.1. The molecule has 1 aromatic carbocycles. The Morgan fingerprint density at radius 1 is 1.35 bits per heavy atom. The molecule has 0 radical (unpaired) electrons. The number of hydrogen-bond donors (Lipinski definition) is 1. The zero-order chi connectivity index (χ0) is 12.3. The predicted octanol–water partition coefficient (Wildman–Crippen LogP) is 2.18. The van der Waals surface area contributed by atoms with Gasteiger partial charge in [0.05, 0.1) is 0 Å². The zero-order valence-corrected chi connectivity index (χ0v) is 9.14. The van der Waals surface area contributed by atoms with Crippen LogP contribution >= 0.6 is 0 Å². The van der Waals surface area contributed by atoms with Crippen LogP contribution in [0, 0.1) is 12.7 Å². The first-order chi connectivity index (χ1) is 8.16. The first-order valence-corrected chi connectivity index (χ1v) is 5.02. The van der Waals surface area contributed by atoms with Crippen LogP contribution in [0.3, 0.4) is 0 Å². The van der Waals surface area contributed by atoms with E-state index in [0.29, 0.717) is 16.9 Å². The summed E-state index contributed by atoms with van der Waals surface area (Å²) in [5.41, 5.74) is 0.811. The first-order valence-electron chi connectivity index (χ1n) is 5.02. The van der Waals surface area contributed by atoms with Gasteiger partial charge in [0.15, 0.2) is 5.82 Å². The molecule has 0 saturated carbocycles. The van der Waals surface area contributed by atoms with Gasteiger partial charge in [0.2, 0.25) is 0 Å². The van der Waals surface area contributed by atoms with E-state index >= 15 is 0 Å². The molecule has 1 aromatic heterocycles. The van der Waals surface area contributed by atoms with Gasteiger partial charge < -0.3 is 5.32 Å². The van der Waals surface area contributed by atoms with E-state index in [4.69, 9.17) is 0 Å². The fourth-order valence-electron chi connectivity index (χ4n) is 1.34. The summed E-state index contributed by atoms with van der Waals surface area (Å²) in [5, 5.41) is 9.94. The Kier molecular flexibility index (Phi) is 3.09. The van der Waals surface area contributed by atoms with E-state index in [0.717, 1.165) is 0 Å². The van der Waals surface area contributed by atoms with Crippen molar-refractivity contribution < 1.29 is 9.18 Å². The minimum atomic E-state index is -0.339. The van der Waals surface area contributed by atoms with E-state index in [-0.39, 0.29) is 11.7 Å². The molecule has 0 spiro atoms. The Hall–Kier alpha value is -2.30. The van der Waals surface area contributed by atoms with Crippen LogP contribution in [0.25, 0.3) is 0 Å². The lowest BCUT2D eigenvalue weighted by molar-refractivity contribution is 0.102. The quantitative estimate of drug-likeness (QED) is 0.861. The fraction of sp³-hybridized carbons (Fsp3) is 0.0833. The van der Waals surface area contributed by atoms with Crippen LogP contribution in [0.1, 0.15) is 15.9 Å². The van der Waals surface area contributed by atoms with Crippen LogP contribution in [0.5, 0.6) is 0 Å². The lowest BCUT2D eigenvalue weighted by Crippen LogP contribution is -2.13. The van der Waals surface area contributed by atoms with Crippen LogP contribution in [-0.4, -0.2) is 16.1 Å². The number of aryl methyl sites for hydroxylation is 1. The summed E-state index contributed by atoms with van der Waals surface area (Å²) in [6.45, 7) is 1.61. The van der Waals surface area contributed by atoms with Crippen molar-refractivity contribution in [2.75, 3.05) is 5.32 Å². The highest BCUT2D eigenvalue weighted by molar-refractivity contribution is 6.03. The number of halogens is 1. The largest absolute Gasteiger partial charge is 0.305 e. The number of benzene rings is 1. The molecule has 0 aliphatic carbocycles. The Labute approximate surface area is 97.5 Å². The average Bonchev–Trinajstić information content (AvgIpc) is 2.34. The summed E-state index contributed by atoms with van der Waals surface area (Å²) in [6.07, 6.45) is 1.51. The predicted molar refractivity (Wildman–Crippen MR) is 61.1 cm³/mol. The molecule has 0 aliphatic rings. The molecule has 1 N–H and O–H groups in total. The molecule has 0 aliphatic heterocycles. The minimum Gasteiger partial charge on any atom is -0.305 e. The molecule has 4 nitrogen and oxygen atoms in total. The van der Waals surface area contributed by atoms with Crippen molar-refractivity contribution in [1.82, 2.24) is 10.2 Å². The van der Waals surface area contributed by atoms with Crippen LogP contribution in [-0.2, 0) is 0 Å². The lowest BCUT2D eigenvalue weighted by atomic mass is 10.1. The Balaban J connectivity index is 2.18. The van der Waals surface area contributed by atoms with Gasteiger partial charge in [0.1, 0.15) is 5.82 Å². The fourth-order valence-corrected chi connectivity index (χ4v) is 1.34. The van der Waals surface area contributed by atoms with Gasteiger partial charge in [-0.25, -0.2) is 4.39 Å². The molecule has 5 heteroatoms. The monoisotopic (exact) mass is 231 g/mol. The second kappa shape index (κ2) is 4.69. The lowest BCUT2D eigenvalue weighted by Gasteiger charge is -2.04. The molecule has 86 valence electrons. The topological polar surface area (TPSA) is 54.9 Å². The number of amides is 1. The Bertz CT molecular complexity index is 543. The van der Waals surface area contributed by atoms with Gasteiger partial charge in [-0.05, 0) is 42.8 Å². The van der Waals surface area contributed by atoms with E-state index in [9.17, 15) is 9.18 Å². The minimum absolute atomic E-state index is 0.332. The number of nitrogens with zero attached hydrogens (tertiary/aromatic N) is 2. The average molecular weight is 231 g/mol. The normalized spacial score (nSPS) is 10.0. The van der Waals surface area contributed by atoms with E-state index < -0.39 is 0 Å². The van der Waals surface area contributed by atoms with Crippen LogP contribution in [0.4, 0.5) is 10.2 Å². The van der Waals surface area contributed by atoms with Gasteiger partial charge >= 0.3 is 0 Å². The van der Waals surface area contributed by atoms with Gasteiger partial charge in [-0.1, -0.05) is 0 Å². The first kappa shape index (κ1) is 11.2. The van der Waals surface area contributed by atoms with Gasteiger partial charge in [0, 0.05) is 11.8 Å². The third kappa shape index (κ3) is 2.63. The number of rotatable bonds is 2. The third-order valence-corrected chi connectivity index (χ3v) is 2.23. The Morgan fingerprint density at radius 3 is 2.82 bits per heavy atom. The maximum Gasteiger partial charge on any atom is 0.256 e. The van der Waals surface area contributed by atoms with Gasteiger partial charge in [0.25, 0.3) is 5.91 Å². The molecule has 1 amide bonds. The van der Waals surface area contributed by atoms with Crippen molar-refractivity contribution in [2.45, 2.75) is 6.92 Å². The molecular formula is C12H10FN3O. The van der Waals surface area contributed by atoms with Crippen molar-refractivity contribution in [2.24, 2.45) is 0 Å². The van der Waals surface area contributed by atoms with Crippen LogP contribution in [0.2, 0.25) is 0 Å². The van der Waals surface area contributed by atoms with E-state index in [1.54, 1.807) is 19.1 Å². The van der Waals surface area contributed by atoms with Gasteiger partial charge in [-0.15, -0.1) is 5.10 Å². The zero-order valence-electron chi connectivity index (χ0n) is 9.14. The van der Waals surface area contributed by atoms with E-state index in [1.807, 2.05) is 0 Å². The van der Waals surface area contributed by atoms with E-state index in [2.05, 4.69) is 15.5 Å². The second-order valence-electron chi connectivity index (χ2n) is 3.53. The summed E-state index contributed by atoms with van der Waals surface area (Å²) in [6, 6.07) is 7.47. The summed E-state index contributed by atoms with van der Waals surface area (Å²) in [5.74, 6) is -0.311. The third-order valence-electron chi connectivity index (χ3n) is 2.23. The summed E-state index contributed by atoms with van der Waals surface area (Å²) in [4.78, 5) is 11.8. The number of carbonyl (C=O) groups is 1. The molecule has 0 unspecified atom stereocenters. The number of aromatic nitrogens is 2. The molecule has 0 saturated heterocycles. The summed E-state index contributed by atoms with van der Waals surface area (Å²) in [7, 11) is 0. The van der Waals surface area contributed by atoms with Crippen molar-refractivity contribution in [3.05, 3.63) is 53.5 Å². The van der Waals surface area contributed by atoms with Crippen LogP contribution in [0.15, 0.2) is 36.5 Å². The maximum atomic E-state index is 13.0. The molecule has 17 heavy (non-hydrogen) atoms. The van der Waals surface area contributed by atoms with Crippen LogP contribution < -0.4 is 5.32 Å². The van der Waals surface area contributed by atoms with Crippen molar-refractivity contribution >= 4 is 11.7 Å². The molecule has 1 heterocycles. The molecule has 0 bridgehead atoms. The molecule has 2 rings (SSSR count). The highest BCUT2D eigenvalue weighted by Crippen LogP contribution is 2.10. The van der Waals surface area contributed by atoms with Crippen molar-refractivity contribution in [3.63, 3.8) is 0 Å². The van der Waals surface area contributed by atoms with Crippen molar-refractivity contribution in [1.29, 1.82) is 0 Å². The molecular weight excluding hydrogens is 221 g/mol. The smallest absolute Gasteiger partial charge is 0.256 e. The molecule has 2 aromatic rings. The number of nitrogens with one attached hydrogen (secondary N) is 1. The van der Waals surface area contributed by atoms with Crippen molar-refractivity contribution in [3.8, 4) is 0 Å². The SMILES string of the molecule is Cc1cc(C(=O)Nc2cccnn2)ccc1F. The van der Waals surface area contributed by atoms with Gasteiger partial charge in [-0.3, -0.25) is 4.79 Å². The highest BCUT2D eigenvalue weighted by Gasteiger charge is 2.08. The number of hydrogen-bond acceptors (Lipinski definition) is 3. The number of anilines is 1. The van der Waals surface area contributed by atoms with E-state index in [1.165, 1.54) is 24.4 Å². The molecule has 0 fully saturated rings. The summed E-state index contributed by atoms with van der Waals surface area (Å²) < 4.78 is 13.0. The standard InChI is InChI=1S/C12H10FN3O/c1-8-7-9(4-5-10(8)13)12(17)15-11-3-2-6-14-16-11/h2-7H,1H3,(H,15,16,17). The van der Waals surface area contributed by atoms with Gasteiger partial charge in [-0.2, -0.15) is 5.10 Å². The maximum absolute atomic E-state index is 13.0.